The van der Waals surface area contributed by atoms with Gasteiger partial charge in [-0.3, -0.25) is 0 Å². The van der Waals surface area contributed by atoms with Gasteiger partial charge in [-0.25, -0.2) is 0 Å². The fraction of sp³-hybridized carbons (Fsp3) is 0.619. The number of ether oxygens (including phenoxy) is 1. The summed E-state index contributed by atoms with van der Waals surface area (Å²) in [6.45, 7) is 13.5. The molecule has 1 heterocycles. The minimum Gasteiger partial charge on any atom is -0.490 e. The molecule has 0 saturated heterocycles. The van der Waals surface area contributed by atoms with Gasteiger partial charge >= 0.3 is 0 Å². The summed E-state index contributed by atoms with van der Waals surface area (Å²) in [5.41, 5.74) is 1.39. The monoisotopic (exact) mass is 314 g/mol. The Morgan fingerprint density at radius 2 is 1.74 bits per heavy atom. The Hall–Kier alpha value is -1.44. The molecule has 1 aliphatic carbocycles. The summed E-state index contributed by atoms with van der Waals surface area (Å²) >= 11 is 0. The smallest absolute Gasteiger partial charge is 0.137 e. The maximum absolute atomic E-state index is 6.14. The Morgan fingerprint density at radius 1 is 1.04 bits per heavy atom. The molecular weight excluding hydrogens is 284 g/mol. The number of rotatable bonds is 3. The number of furan rings is 1. The third-order valence-electron chi connectivity index (χ3n) is 4.63. The summed E-state index contributed by atoms with van der Waals surface area (Å²) in [4.78, 5) is 0. The Morgan fingerprint density at radius 3 is 2.35 bits per heavy atom. The van der Waals surface area contributed by atoms with Crippen molar-refractivity contribution in [3.05, 3.63) is 30.0 Å². The van der Waals surface area contributed by atoms with Gasteiger partial charge in [-0.05, 0) is 48.8 Å². The van der Waals surface area contributed by atoms with E-state index in [-0.39, 0.29) is 5.41 Å². The summed E-state index contributed by atoms with van der Waals surface area (Å²) in [5, 5.41) is 1.15. The maximum atomic E-state index is 6.14. The van der Waals surface area contributed by atoms with Crippen molar-refractivity contribution >= 4 is 11.0 Å². The Labute approximate surface area is 140 Å². The third-order valence-corrected chi connectivity index (χ3v) is 4.63. The van der Waals surface area contributed by atoms with Crippen molar-refractivity contribution in [3.63, 3.8) is 0 Å². The van der Waals surface area contributed by atoms with E-state index in [0.717, 1.165) is 28.4 Å². The van der Waals surface area contributed by atoms with Crippen molar-refractivity contribution < 1.29 is 9.15 Å². The maximum Gasteiger partial charge on any atom is 0.137 e. The molecule has 2 heteroatoms. The quantitative estimate of drug-likeness (QED) is 0.661. The molecule has 1 saturated carbocycles. The molecule has 0 radical (unpaired) electrons. The first-order chi connectivity index (χ1) is 10.6. The first-order valence-corrected chi connectivity index (χ1v) is 8.81. The second-order valence-electron chi connectivity index (χ2n) is 9.40. The highest BCUT2D eigenvalue weighted by molar-refractivity contribution is 5.79. The van der Waals surface area contributed by atoms with Crippen molar-refractivity contribution in [1.82, 2.24) is 0 Å². The summed E-state index contributed by atoms with van der Waals surface area (Å²) in [7, 11) is 0. The van der Waals surface area contributed by atoms with Crippen LogP contribution in [0.4, 0.5) is 0 Å². The van der Waals surface area contributed by atoms with Crippen molar-refractivity contribution in [3.8, 4) is 5.75 Å². The van der Waals surface area contributed by atoms with Crippen LogP contribution < -0.4 is 4.74 Å². The average molecular weight is 314 g/mol. The number of benzene rings is 1. The van der Waals surface area contributed by atoms with Gasteiger partial charge in [0.25, 0.3) is 0 Å². The molecule has 126 valence electrons. The normalized spacial score (nSPS) is 22.2. The summed E-state index contributed by atoms with van der Waals surface area (Å²) in [5.74, 6) is 2.78. The molecule has 3 rings (SSSR count). The number of fused-ring (bicyclic) bond motifs is 1. The molecule has 0 atom stereocenters. The van der Waals surface area contributed by atoms with Crippen molar-refractivity contribution in [2.45, 2.75) is 72.3 Å². The van der Waals surface area contributed by atoms with Gasteiger partial charge in [-0.15, -0.1) is 0 Å². The van der Waals surface area contributed by atoms with Crippen molar-refractivity contribution in [2.75, 3.05) is 0 Å². The lowest BCUT2D eigenvalue weighted by Crippen LogP contribution is -2.35. The summed E-state index contributed by atoms with van der Waals surface area (Å²) < 4.78 is 12.2. The van der Waals surface area contributed by atoms with Crippen molar-refractivity contribution in [1.29, 1.82) is 0 Å². The fourth-order valence-electron chi connectivity index (χ4n) is 3.45. The van der Waals surface area contributed by atoms with Gasteiger partial charge in [0, 0.05) is 16.9 Å². The van der Waals surface area contributed by atoms with Crippen LogP contribution in [0.2, 0.25) is 0 Å². The molecule has 1 aromatic heterocycles. The molecule has 1 aromatic carbocycles. The first-order valence-electron chi connectivity index (χ1n) is 8.81. The van der Waals surface area contributed by atoms with Gasteiger partial charge in [-0.1, -0.05) is 41.5 Å². The highest BCUT2D eigenvalue weighted by atomic mass is 16.5. The van der Waals surface area contributed by atoms with E-state index in [0.29, 0.717) is 11.5 Å². The van der Waals surface area contributed by atoms with E-state index in [1.165, 1.54) is 19.3 Å². The second kappa shape index (κ2) is 5.58. The largest absolute Gasteiger partial charge is 0.490 e. The van der Waals surface area contributed by atoms with Crippen LogP contribution in [0.15, 0.2) is 28.7 Å². The van der Waals surface area contributed by atoms with Crippen LogP contribution in [0.25, 0.3) is 11.0 Å². The highest BCUT2D eigenvalue weighted by Crippen LogP contribution is 2.39. The predicted molar refractivity (Wildman–Crippen MR) is 96.1 cm³/mol. The fourth-order valence-corrected chi connectivity index (χ4v) is 3.45. The lowest BCUT2D eigenvalue weighted by molar-refractivity contribution is 0.0437. The van der Waals surface area contributed by atoms with E-state index in [2.05, 4.69) is 59.7 Å². The van der Waals surface area contributed by atoms with E-state index in [1.54, 1.807) is 0 Å². The lowest BCUT2D eigenvalue weighted by Gasteiger charge is -2.38. The predicted octanol–water partition coefficient (Wildman–Crippen LogP) is 6.32. The molecule has 23 heavy (non-hydrogen) atoms. The SMILES string of the molecule is CC(C)(C)CC1CC(Oc2ccc3cc(C(C)(C)C)oc3c2)C1. The van der Waals surface area contributed by atoms with Crippen LogP contribution in [-0.4, -0.2) is 6.10 Å². The Bertz CT molecular complexity index is 676. The number of hydrogen-bond donors (Lipinski definition) is 0. The molecule has 0 amide bonds. The molecule has 2 nitrogen and oxygen atoms in total. The van der Waals surface area contributed by atoms with Crippen LogP contribution in [0.5, 0.6) is 5.75 Å². The van der Waals surface area contributed by atoms with Crippen LogP contribution in [0, 0.1) is 11.3 Å². The van der Waals surface area contributed by atoms with Gasteiger partial charge in [-0.2, -0.15) is 0 Å². The molecule has 1 aliphatic rings. The third kappa shape index (κ3) is 3.91. The lowest BCUT2D eigenvalue weighted by atomic mass is 9.73. The van der Waals surface area contributed by atoms with E-state index in [9.17, 15) is 0 Å². The van der Waals surface area contributed by atoms with E-state index >= 15 is 0 Å². The summed E-state index contributed by atoms with van der Waals surface area (Å²) in [6, 6.07) is 8.36. The Balaban J connectivity index is 1.64. The zero-order chi connectivity index (χ0) is 16.8. The molecule has 1 fully saturated rings. The molecule has 0 unspecified atom stereocenters. The van der Waals surface area contributed by atoms with Gasteiger partial charge < -0.3 is 9.15 Å². The minimum absolute atomic E-state index is 0.0359. The number of hydrogen-bond acceptors (Lipinski definition) is 2. The van der Waals surface area contributed by atoms with Crippen LogP contribution in [0.1, 0.15) is 66.6 Å². The van der Waals surface area contributed by atoms with Gasteiger partial charge in [0.1, 0.15) is 17.1 Å². The molecule has 0 N–H and O–H groups in total. The molecule has 2 aromatic rings. The van der Waals surface area contributed by atoms with E-state index < -0.39 is 0 Å². The van der Waals surface area contributed by atoms with Crippen LogP contribution >= 0.6 is 0 Å². The van der Waals surface area contributed by atoms with Gasteiger partial charge in [0.05, 0.1) is 6.10 Å². The van der Waals surface area contributed by atoms with Gasteiger partial charge in [0.2, 0.25) is 0 Å². The standard InChI is InChI=1S/C21H30O2/c1-20(2,3)13-14-9-17(10-14)22-16-8-7-15-11-19(21(4,5)6)23-18(15)12-16/h7-8,11-12,14,17H,9-10,13H2,1-6H3. The molecule has 0 aliphatic heterocycles. The zero-order valence-corrected chi connectivity index (χ0v) is 15.4. The van der Waals surface area contributed by atoms with Crippen LogP contribution in [0.3, 0.4) is 0 Å². The van der Waals surface area contributed by atoms with Crippen molar-refractivity contribution in [2.24, 2.45) is 11.3 Å². The van der Waals surface area contributed by atoms with Crippen LogP contribution in [-0.2, 0) is 5.41 Å². The minimum atomic E-state index is 0.0359. The first kappa shape index (κ1) is 16.4. The van der Waals surface area contributed by atoms with Gasteiger partial charge in [0.15, 0.2) is 0 Å². The molecular formula is C21H30O2. The highest BCUT2D eigenvalue weighted by Gasteiger charge is 2.33. The second-order valence-corrected chi connectivity index (χ2v) is 9.40. The summed E-state index contributed by atoms with van der Waals surface area (Å²) in [6.07, 6.45) is 4.03. The van der Waals surface area contributed by atoms with E-state index in [1.807, 2.05) is 6.07 Å². The molecule has 0 spiro atoms. The average Bonchev–Trinajstić information content (AvgIpc) is 2.77. The molecule has 0 bridgehead atoms. The van der Waals surface area contributed by atoms with E-state index in [4.69, 9.17) is 9.15 Å². The zero-order valence-electron chi connectivity index (χ0n) is 15.4. The Kier molecular flexibility index (Phi) is 3.98. The topological polar surface area (TPSA) is 22.4 Å².